The number of nitrogen functional groups attached to an aromatic ring is 1. The Hall–Kier alpha value is -3.27. The standard InChI is InChI=1S/C29H42N7O8PS/c1-6-41-24-22-23(34-27(30)35-24)36(18-32-22)25-19(2)14-21(44-25)16-43-45(39,33-15-20-10-8-7-9-11-20)42-12-13-46-26(37)29(3,4)17-31-28(38)40-5/h7-11,18-19,21,25H,6,12-17H2,1-5H3,(H,31,38)(H,33,39)(H2,30,34,35). The first kappa shape index (κ1) is 35.6. The lowest BCUT2D eigenvalue weighted by Gasteiger charge is -2.23. The minimum absolute atomic E-state index is 0.00778. The zero-order valence-corrected chi connectivity index (χ0v) is 28.3. The van der Waals surface area contributed by atoms with E-state index in [1.807, 2.05) is 44.2 Å². The Bertz CT molecular complexity index is 1530. The Morgan fingerprint density at radius 2 is 1.98 bits per heavy atom. The van der Waals surface area contributed by atoms with E-state index in [9.17, 15) is 14.2 Å². The second-order valence-corrected chi connectivity index (χ2v) is 14.2. The molecule has 1 aromatic carbocycles. The number of benzene rings is 1. The van der Waals surface area contributed by atoms with Crippen LogP contribution in [0, 0.1) is 11.3 Å². The van der Waals surface area contributed by atoms with Crippen LogP contribution >= 0.6 is 19.5 Å². The van der Waals surface area contributed by atoms with Gasteiger partial charge in [-0.1, -0.05) is 62.9 Å². The average Bonchev–Trinajstić information content (AvgIpc) is 3.63. The van der Waals surface area contributed by atoms with Gasteiger partial charge in [0, 0.05) is 24.8 Å². The molecular formula is C29H42N7O8PS. The van der Waals surface area contributed by atoms with Crippen molar-refractivity contribution in [1.29, 1.82) is 0 Å². The van der Waals surface area contributed by atoms with Gasteiger partial charge in [-0.25, -0.2) is 19.4 Å². The topological polar surface area (TPSA) is 191 Å². The van der Waals surface area contributed by atoms with Crippen LogP contribution in [0.15, 0.2) is 36.7 Å². The van der Waals surface area contributed by atoms with Crippen LogP contribution in [-0.2, 0) is 34.4 Å². The van der Waals surface area contributed by atoms with Crippen LogP contribution in [0.3, 0.4) is 0 Å². The summed E-state index contributed by atoms with van der Waals surface area (Å²) in [6, 6.07) is 9.44. The molecule has 3 heterocycles. The Labute approximate surface area is 272 Å². The summed E-state index contributed by atoms with van der Waals surface area (Å²) in [5, 5.41) is 5.31. The number of anilines is 1. The van der Waals surface area contributed by atoms with Gasteiger partial charge >= 0.3 is 13.8 Å². The zero-order valence-electron chi connectivity index (χ0n) is 26.6. The molecule has 17 heteroatoms. The van der Waals surface area contributed by atoms with Gasteiger partial charge in [0.1, 0.15) is 6.23 Å². The van der Waals surface area contributed by atoms with Gasteiger partial charge in [0.15, 0.2) is 16.3 Å². The number of methoxy groups -OCH3 is 1. The number of rotatable bonds is 16. The van der Waals surface area contributed by atoms with Crippen molar-refractivity contribution in [2.75, 3.05) is 45.0 Å². The van der Waals surface area contributed by atoms with Crippen LogP contribution in [0.1, 0.15) is 45.9 Å². The van der Waals surface area contributed by atoms with Crippen LogP contribution in [0.2, 0.25) is 0 Å². The summed E-state index contributed by atoms with van der Waals surface area (Å²) in [6.07, 6.45) is 0.779. The largest absolute Gasteiger partial charge is 0.476 e. The Morgan fingerprint density at radius 3 is 2.70 bits per heavy atom. The molecule has 0 spiro atoms. The van der Waals surface area contributed by atoms with E-state index in [0.717, 1.165) is 17.3 Å². The number of nitrogens with zero attached hydrogens (tertiary/aromatic N) is 4. The molecule has 4 N–H and O–H groups in total. The van der Waals surface area contributed by atoms with E-state index >= 15 is 0 Å². The number of carbonyl (C=O) groups excluding carboxylic acids is 2. The number of hydrogen-bond acceptors (Lipinski definition) is 13. The molecule has 2 aromatic heterocycles. The van der Waals surface area contributed by atoms with E-state index in [0.29, 0.717) is 30.1 Å². The summed E-state index contributed by atoms with van der Waals surface area (Å²) in [5.41, 5.74) is 6.95. The van der Waals surface area contributed by atoms with Crippen molar-refractivity contribution in [3.05, 3.63) is 42.2 Å². The Balaban J connectivity index is 1.37. The summed E-state index contributed by atoms with van der Waals surface area (Å²) in [6.45, 7) is 8.03. The van der Waals surface area contributed by atoms with Crippen molar-refractivity contribution < 1.29 is 37.4 Å². The van der Waals surface area contributed by atoms with Crippen LogP contribution < -0.4 is 20.9 Å². The number of fused-ring (bicyclic) bond motifs is 1. The molecule has 0 aliphatic carbocycles. The van der Waals surface area contributed by atoms with E-state index in [4.69, 9.17) is 24.3 Å². The first-order valence-electron chi connectivity index (χ1n) is 14.9. The molecule has 0 bridgehead atoms. The molecule has 4 atom stereocenters. The van der Waals surface area contributed by atoms with E-state index < -0.39 is 31.6 Å². The molecule has 15 nitrogen and oxygen atoms in total. The fourth-order valence-corrected chi connectivity index (χ4v) is 6.98. The highest BCUT2D eigenvalue weighted by Gasteiger charge is 2.37. The highest BCUT2D eigenvalue weighted by Crippen LogP contribution is 2.46. The maximum atomic E-state index is 13.9. The third-order valence-electron chi connectivity index (χ3n) is 7.16. The lowest BCUT2D eigenvalue weighted by molar-refractivity contribution is -0.117. The number of nitrogens with two attached hydrogens (primary N) is 1. The molecule has 4 rings (SSSR count). The van der Waals surface area contributed by atoms with Gasteiger partial charge in [0.05, 0.1) is 44.8 Å². The van der Waals surface area contributed by atoms with E-state index in [-0.39, 0.29) is 49.0 Å². The van der Waals surface area contributed by atoms with Gasteiger partial charge in [0.2, 0.25) is 11.8 Å². The van der Waals surface area contributed by atoms with Crippen molar-refractivity contribution >= 4 is 47.8 Å². The minimum Gasteiger partial charge on any atom is -0.476 e. The molecule has 1 aliphatic heterocycles. The Kier molecular flexibility index (Phi) is 12.4. The van der Waals surface area contributed by atoms with Gasteiger partial charge in [0.25, 0.3) is 0 Å². The quantitative estimate of drug-likeness (QED) is 0.143. The number of alkyl carbamates (subject to hydrolysis) is 1. The molecule has 0 saturated carbocycles. The highest BCUT2D eigenvalue weighted by atomic mass is 32.2. The number of ether oxygens (including phenoxy) is 3. The molecule has 1 saturated heterocycles. The van der Waals surface area contributed by atoms with Gasteiger partial charge in [-0.05, 0) is 18.9 Å². The monoisotopic (exact) mass is 679 g/mol. The highest BCUT2D eigenvalue weighted by molar-refractivity contribution is 8.13. The number of imidazole rings is 1. The van der Waals surface area contributed by atoms with Crippen LogP contribution in [0.4, 0.5) is 10.7 Å². The molecule has 1 amide bonds. The normalized spacial score (nSPS) is 19.5. The summed E-state index contributed by atoms with van der Waals surface area (Å²) < 4.78 is 43.8. The number of nitrogens with one attached hydrogen (secondary N) is 2. The first-order valence-corrected chi connectivity index (χ1v) is 17.4. The summed E-state index contributed by atoms with van der Waals surface area (Å²) in [5.74, 6) is 0.627. The summed E-state index contributed by atoms with van der Waals surface area (Å²) in [4.78, 5) is 37.1. The SMILES string of the molecule is CCOc1nc(N)nc2c1ncn2C1OC(COP(=O)(NCc2ccccc2)OCCSC(=O)C(C)(C)CNC(=O)OC)CC1C. The molecular weight excluding hydrogens is 637 g/mol. The van der Waals surface area contributed by atoms with Crippen LogP contribution in [0.5, 0.6) is 5.88 Å². The van der Waals surface area contributed by atoms with Gasteiger partial charge < -0.3 is 25.3 Å². The van der Waals surface area contributed by atoms with Gasteiger partial charge in [-0.3, -0.25) is 18.4 Å². The summed E-state index contributed by atoms with van der Waals surface area (Å²) >= 11 is 1.02. The van der Waals surface area contributed by atoms with Crippen molar-refractivity contribution in [2.45, 2.75) is 53.0 Å². The predicted molar refractivity (Wildman–Crippen MR) is 173 cm³/mol. The number of thioether (sulfide) groups is 1. The molecule has 46 heavy (non-hydrogen) atoms. The van der Waals surface area contributed by atoms with E-state index in [2.05, 4.69) is 30.1 Å². The van der Waals surface area contributed by atoms with Crippen molar-refractivity contribution in [2.24, 2.45) is 11.3 Å². The fourth-order valence-electron chi connectivity index (χ4n) is 4.71. The number of aromatic nitrogens is 4. The summed E-state index contributed by atoms with van der Waals surface area (Å²) in [7, 11) is -2.57. The molecule has 1 aliphatic rings. The molecule has 3 aromatic rings. The predicted octanol–water partition coefficient (Wildman–Crippen LogP) is 4.30. The number of amides is 1. The molecule has 4 unspecified atom stereocenters. The van der Waals surface area contributed by atoms with Crippen molar-refractivity contribution in [3.8, 4) is 5.88 Å². The fraction of sp³-hybridized carbons (Fsp3) is 0.552. The first-order chi connectivity index (χ1) is 21.9. The number of hydrogen-bond donors (Lipinski definition) is 3. The minimum atomic E-state index is -3.83. The third-order valence-corrected chi connectivity index (χ3v) is 9.90. The van der Waals surface area contributed by atoms with Gasteiger partial charge in [-0.15, -0.1) is 0 Å². The lowest BCUT2D eigenvalue weighted by Crippen LogP contribution is -2.38. The smallest absolute Gasteiger partial charge is 0.406 e. The van der Waals surface area contributed by atoms with Crippen LogP contribution in [0.25, 0.3) is 11.2 Å². The van der Waals surface area contributed by atoms with Crippen molar-refractivity contribution in [3.63, 3.8) is 0 Å². The maximum Gasteiger partial charge on any atom is 0.406 e. The molecule has 1 fully saturated rings. The van der Waals surface area contributed by atoms with Crippen molar-refractivity contribution in [1.82, 2.24) is 29.9 Å². The third kappa shape index (κ3) is 9.39. The lowest BCUT2D eigenvalue weighted by atomic mass is 9.96. The zero-order chi connectivity index (χ0) is 33.3. The van der Waals surface area contributed by atoms with E-state index in [1.54, 1.807) is 24.7 Å². The maximum absolute atomic E-state index is 13.9. The van der Waals surface area contributed by atoms with Gasteiger partial charge in [-0.2, -0.15) is 9.97 Å². The van der Waals surface area contributed by atoms with Crippen LogP contribution in [-0.4, -0.2) is 76.1 Å². The van der Waals surface area contributed by atoms with E-state index in [1.165, 1.54) is 7.11 Å². The average molecular weight is 680 g/mol. The Morgan fingerprint density at radius 1 is 1.22 bits per heavy atom. The second kappa shape index (κ2) is 16.0. The number of carbonyl (C=O) groups is 2. The molecule has 252 valence electrons. The second-order valence-electron chi connectivity index (χ2n) is 11.3. The molecule has 0 radical (unpaired) electrons.